The van der Waals surface area contributed by atoms with Gasteiger partial charge in [-0.2, -0.15) is 5.26 Å². The van der Waals surface area contributed by atoms with Crippen molar-refractivity contribution in [3.8, 4) is 6.07 Å². The molecule has 5 heteroatoms. The largest absolute Gasteiger partial charge is 0.323 e. The average molecular weight is 183 g/mol. The lowest BCUT2D eigenvalue weighted by atomic mass is 10.1. The zero-order valence-electron chi connectivity index (χ0n) is 6.59. The Kier molecular flexibility index (Phi) is 2.77. The van der Waals surface area contributed by atoms with Crippen molar-refractivity contribution in [2.45, 2.75) is 6.43 Å². The number of alkyl halides is 2. The summed E-state index contributed by atoms with van der Waals surface area (Å²) in [6.45, 7) is 0. The van der Waals surface area contributed by atoms with Crippen LogP contribution in [0, 0.1) is 11.3 Å². The first-order valence-corrected chi connectivity index (χ1v) is 3.48. The smallest absolute Gasteiger partial charge is 0.263 e. The van der Waals surface area contributed by atoms with E-state index >= 15 is 0 Å². The molecule has 0 aliphatic rings. The van der Waals surface area contributed by atoms with Crippen molar-refractivity contribution in [2.75, 3.05) is 5.43 Å². The van der Waals surface area contributed by atoms with Crippen molar-refractivity contribution < 1.29 is 8.78 Å². The van der Waals surface area contributed by atoms with Crippen molar-refractivity contribution in [3.05, 3.63) is 29.3 Å². The molecule has 0 aromatic heterocycles. The molecule has 0 saturated carbocycles. The summed E-state index contributed by atoms with van der Waals surface area (Å²) in [5.41, 5.74) is 2.51. The molecule has 1 aromatic carbocycles. The molecular weight excluding hydrogens is 176 g/mol. The lowest BCUT2D eigenvalue weighted by molar-refractivity contribution is 0.151. The lowest BCUT2D eigenvalue weighted by Crippen LogP contribution is -2.08. The highest BCUT2D eigenvalue weighted by Gasteiger charge is 2.09. The molecule has 0 amide bonds. The lowest BCUT2D eigenvalue weighted by Gasteiger charge is -2.04. The minimum absolute atomic E-state index is 0.111. The first kappa shape index (κ1) is 9.42. The topological polar surface area (TPSA) is 61.8 Å². The van der Waals surface area contributed by atoms with E-state index in [0.29, 0.717) is 5.69 Å². The molecule has 0 aliphatic carbocycles. The number of nitrogens with zero attached hydrogens (tertiary/aromatic N) is 1. The van der Waals surface area contributed by atoms with Crippen LogP contribution in [0.2, 0.25) is 0 Å². The second-order valence-corrected chi connectivity index (χ2v) is 2.36. The number of halogens is 2. The second kappa shape index (κ2) is 3.83. The van der Waals surface area contributed by atoms with Gasteiger partial charge in [-0.05, 0) is 12.1 Å². The number of hydrogen-bond acceptors (Lipinski definition) is 3. The quantitative estimate of drug-likeness (QED) is 0.542. The number of anilines is 1. The van der Waals surface area contributed by atoms with Crippen LogP contribution >= 0.6 is 0 Å². The number of nitriles is 1. The van der Waals surface area contributed by atoms with E-state index in [1.54, 1.807) is 6.07 Å². The third-order valence-corrected chi connectivity index (χ3v) is 1.57. The third-order valence-electron chi connectivity index (χ3n) is 1.57. The highest BCUT2D eigenvalue weighted by Crippen LogP contribution is 2.23. The van der Waals surface area contributed by atoms with E-state index in [9.17, 15) is 8.78 Å². The van der Waals surface area contributed by atoms with Crippen LogP contribution in [0.15, 0.2) is 18.2 Å². The molecule has 0 radical (unpaired) electrons. The molecule has 13 heavy (non-hydrogen) atoms. The molecule has 0 bridgehead atoms. The Morgan fingerprint density at radius 3 is 2.62 bits per heavy atom. The van der Waals surface area contributed by atoms with Gasteiger partial charge >= 0.3 is 0 Å². The Labute approximate surface area is 73.7 Å². The van der Waals surface area contributed by atoms with Gasteiger partial charge in [-0.15, -0.1) is 0 Å². The van der Waals surface area contributed by atoms with Gasteiger partial charge in [0.15, 0.2) is 0 Å². The van der Waals surface area contributed by atoms with E-state index in [1.165, 1.54) is 12.1 Å². The maximum Gasteiger partial charge on any atom is 0.263 e. The fourth-order valence-electron chi connectivity index (χ4n) is 0.916. The normalized spacial score (nSPS) is 9.77. The molecule has 0 unspecified atom stereocenters. The van der Waals surface area contributed by atoms with Gasteiger partial charge in [0, 0.05) is 5.56 Å². The van der Waals surface area contributed by atoms with E-state index < -0.39 is 6.43 Å². The summed E-state index contributed by atoms with van der Waals surface area (Å²) < 4.78 is 24.3. The zero-order chi connectivity index (χ0) is 9.84. The van der Waals surface area contributed by atoms with Crippen molar-refractivity contribution in [1.82, 2.24) is 0 Å². The SMILES string of the molecule is N#Cc1cc(C(F)F)ccc1NN. The standard InChI is InChI=1S/C8H7F2N3/c9-8(10)5-1-2-7(13-12)6(3-5)4-11/h1-3,8,13H,12H2. The van der Waals surface area contributed by atoms with Crippen LogP contribution in [-0.2, 0) is 0 Å². The monoisotopic (exact) mass is 183 g/mol. The highest BCUT2D eigenvalue weighted by atomic mass is 19.3. The summed E-state index contributed by atoms with van der Waals surface area (Å²) in [5.74, 6) is 5.06. The minimum atomic E-state index is -2.57. The predicted octanol–water partition coefficient (Wildman–Crippen LogP) is 1.78. The summed E-state index contributed by atoms with van der Waals surface area (Å²) in [6.07, 6.45) is -2.57. The molecule has 0 saturated heterocycles. The van der Waals surface area contributed by atoms with Crippen LogP contribution < -0.4 is 11.3 Å². The number of nitrogens with one attached hydrogen (secondary N) is 1. The summed E-state index contributed by atoms with van der Waals surface area (Å²) in [6, 6.07) is 5.45. The van der Waals surface area contributed by atoms with Gasteiger partial charge in [0.05, 0.1) is 11.3 Å². The predicted molar refractivity (Wildman–Crippen MR) is 43.9 cm³/mol. The highest BCUT2D eigenvalue weighted by molar-refractivity contribution is 5.57. The Hall–Kier alpha value is -1.67. The second-order valence-electron chi connectivity index (χ2n) is 2.36. The summed E-state index contributed by atoms with van der Waals surface area (Å²) in [5, 5.41) is 8.57. The van der Waals surface area contributed by atoms with E-state index in [-0.39, 0.29) is 11.1 Å². The van der Waals surface area contributed by atoms with E-state index in [2.05, 4.69) is 5.43 Å². The Balaban J connectivity index is 3.15. The summed E-state index contributed by atoms with van der Waals surface area (Å²) in [4.78, 5) is 0. The van der Waals surface area contributed by atoms with Gasteiger partial charge in [-0.1, -0.05) is 6.07 Å². The van der Waals surface area contributed by atoms with Gasteiger partial charge in [0.25, 0.3) is 6.43 Å². The van der Waals surface area contributed by atoms with Gasteiger partial charge in [0.2, 0.25) is 0 Å². The third kappa shape index (κ3) is 1.92. The van der Waals surface area contributed by atoms with Gasteiger partial charge in [-0.25, -0.2) is 8.78 Å². The summed E-state index contributed by atoms with van der Waals surface area (Å²) in [7, 11) is 0. The number of benzene rings is 1. The molecule has 1 aromatic rings. The minimum Gasteiger partial charge on any atom is -0.323 e. The first-order valence-electron chi connectivity index (χ1n) is 3.48. The number of hydrogen-bond donors (Lipinski definition) is 2. The number of hydrazine groups is 1. The molecule has 0 fully saturated rings. The van der Waals surface area contributed by atoms with Gasteiger partial charge < -0.3 is 5.43 Å². The number of nitrogens with two attached hydrogens (primary N) is 1. The number of rotatable bonds is 2. The molecule has 0 aliphatic heterocycles. The maximum absolute atomic E-state index is 12.2. The molecule has 0 spiro atoms. The Morgan fingerprint density at radius 2 is 2.15 bits per heavy atom. The average Bonchev–Trinajstić information content (AvgIpc) is 2.16. The molecular formula is C8H7F2N3. The van der Waals surface area contributed by atoms with Gasteiger partial charge in [-0.3, -0.25) is 5.84 Å². The van der Waals surface area contributed by atoms with E-state index in [4.69, 9.17) is 11.1 Å². The fraction of sp³-hybridized carbons (Fsp3) is 0.125. The maximum atomic E-state index is 12.2. The fourth-order valence-corrected chi connectivity index (χ4v) is 0.916. The van der Waals surface area contributed by atoms with Crippen LogP contribution in [0.4, 0.5) is 14.5 Å². The van der Waals surface area contributed by atoms with Gasteiger partial charge in [0.1, 0.15) is 6.07 Å². The molecule has 1 rings (SSSR count). The summed E-state index contributed by atoms with van der Waals surface area (Å²) >= 11 is 0. The molecule has 3 N–H and O–H groups in total. The van der Waals surface area contributed by atoms with E-state index in [0.717, 1.165) is 6.07 Å². The molecule has 0 atom stereocenters. The number of nitrogen functional groups attached to an aromatic ring is 1. The Bertz CT molecular complexity index is 344. The van der Waals surface area contributed by atoms with Crippen LogP contribution in [0.3, 0.4) is 0 Å². The molecule has 68 valence electrons. The Morgan fingerprint density at radius 1 is 1.46 bits per heavy atom. The van der Waals surface area contributed by atoms with Crippen molar-refractivity contribution >= 4 is 5.69 Å². The van der Waals surface area contributed by atoms with Crippen LogP contribution in [-0.4, -0.2) is 0 Å². The van der Waals surface area contributed by atoms with Crippen LogP contribution in [0.1, 0.15) is 17.6 Å². The van der Waals surface area contributed by atoms with Crippen molar-refractivity contribution in [2.24, 2.45) is 5.84 Å². The van der Waals surface area contributed by atoms with Crippen molar-refractivity contribution in [3.63, 3.8) is 0 Å². The zero-order valence-corrected chi connectivity index (χ0v) is 6.59. The van der Waals surface area contributed by atoms with E-state index in [1.807, 2.05) is 0 Å². The molecule has 3 nitrogen and oxygen atoms in total. The van der Waals surface area contributed by atoms with Crippen molar-refractivity contribution in [1.29, 1.82) is 5.26 Å². The first-order chi connectivity index (χ1) is 6.19. The van der Waals surface area contributed by atoms with Crippen LogP contribution in [0.25, 0.3) is 0 Å². The van der Waals surface area contributed by atoms with Crippen LogP contribution in [0.5, 0.6) is 0 Å². The molecule has 0 heterocycles.